The first kappa shape index (κ1) is 17.5. The molecule has 26 heavy (non-hydrogen) atoms. The van der Waals surface area contributed by atoms with Crippen LogP contribution in [-0.4, -0.2) is 15.4 Å². The van der Waals surface area contributed by atoms with Crippen molar-refractivity contribution in [2.75, 3.05) is 10.6 Å². The van der Waals surface area contributed by atoms with E-state index in [1.165, 1.54) is 4.68 Å². The average molecular weight is 350 g/mol. The summed E-state index contributed by atoms with van der Waals surface area (Å²) in [6.07, 6.45) is 0.886. The highest BCUT2D eigenvalue weighted by atomic mass is 16.2. The van der Waals surface area contributed by atoms with Gasteiger partial charge in [0.05, 0.1) is 11.4 Å². The quantitative estimate of drug-likeness (QED) is 0.753. The van der Waals surface area contributed by atoms with Gasteiger partial charge < -0.3 is 10.6 Å². The van der Waals surface area contributed by atoms with Gasteiger partial charge in [0.2, 0.25) is 0 Å². The number of carbonyl (C=O) groups excluding carboxylic acids is 1. The molecular weight excluding hydrogens is 328 g/mol. The van der Waals surface area contributed by atoms with Gasteiger partial charge in [0.1, 0.15) is 5.69 Å². The molecule has 134 valence electrons. The van der Waals surface area contributed by atoms with Crippen molar-refractivity contribution in [3.8, 4) is 5.69 Å². The third-order valence-corrected chi connectivity index (χ3v) is 4.39. The molecule has 1 aromatic heterocycles. The molecule has 3 aromatic rings. The first-order valence-corrected chi connectivity index (χ1v) is 8.52. The molecule has 2 N–H and O–H groups in total. The van der Waals surface area contributed by atoms with Crippen LogP contribution in [0.2, 0.25) is 0 Å². The summed E-state index contributed by atoms with van der Waals surface area (Å²) in [4.78, 5) is 25.2. The molecule has 0 aliphatic heterocycles. The summed E-state index contributed by atoms with van der Waals surface area (Å²) in [6.45, 7) is 3.85. The lowest BCUT2D eigenvalue weighted by Crippen LogP contribution is -2.25. The summed E-state index contributed by atoms with van der Waals surface area (Å²) in [5, 5.41) is 5.47. The summed E-state index contributed by atoms with van der Waals surface area (Å²) in [6, 6.07) is 16.5. The van der Waals surface area contributed by atoms with Gasteiger partial charge in [-0.15, -0.1) is 0 Å². The molecule has 0 spiro atoms. The second-order valence-electron chi connectivity index (χ2n) is 6.07. The fraction of sp³-hybridized carbons (Fsp3) is 0.200. The highest BCUT2D eigenvalue weighted by Gasteiger charge is 2.18. The van der Waals surface area contributed by atoms with E-state index in [4.69, 9.17) is 0 Å². The summed E-state index contributed by atoms with van der Waals surface area (Å²) >= 11 is 0. The summed E-state index contributed by atoms with van der Waals surface area (Å²) in [5.41, 5.74) is 3.24. The van der Waals surface area contributed by atoms with Crippen LogP contribution in [0.5, 0.6) is 0 Å². The molecule has 0 bridgehead atoms. The summed E-state index contributed by atoms with van der Waals surface area (Å²) < 4.78 is 3.26. The highest BCUT2D eigenvalue weighted by Crippen LogP contribution is 2.15. The molecule has 0 saturated heterocycles. The second-order valence-corrected chi connectivity index (χ2v) is 6.07. The van der Waals surface area contributed by atoms with E-state index in [0.717, 1.165) is 17.7 Å². The third-order valence-electron chi connectivity index (χ3n) is 4.39. The van der Waals surface area contributed by atoms with Crippen molar-refractivity contribution in [2.45, 2.75) is 20.3 Å². The smallest absolute Gasteiger partial charge is 0.308 e. The molecule has 6 nitrogen and oxygen atoms in total. The number of hydrogen-bond acceptors (Lipinski definition) is 2. The zero-order chi connectivity index (χ0) is 18.7. The Morgan fingerprint density at radius 2 is 1.77 bits per heavy atom. The van der Waals surface area contributed by atoms with E-state index in [-0.39, 0.29) is 11.2 Å². The lowest BCUT2D eigenvalue weighted by atomic mass is 10.1. The predicted molar refractivity (Wildman–Crippen MR) is 104 cm³/mol. The Kier molecular flexibility index (Phi) is 4.93. The number of amides is 2. The Morgan fingerprint density at radius 3 is 2.46 bits per heavy atom. The van der Waals surface area contributed by atoms with Gasteiger partial charge in [-0.2, -0.15) is 0 Å². The molecule has 0 aliphatic carbocycles. The average Bonchev–Trinajstić information content (AvgIpc) is 2.86. The van der Waals surface area contributed by atoms with E-state index in [1.54, 1.807) is 18.7 Å². The van der Waals surface area contributed by atoms with Crippen LogP contribution in [0.25, 0.3) is 5.69 Å². The molecular formula is C20H22N4O2. The number of carbonyl (C=O) groups is 1. The zero-order valence-corrected chi connectivity index (χ0v) is 15.1. The molecule has 0 unspecified atom stereocenters. The number of aromatic nitrogens is 2. The van der Waals surface area contributed by atoms with Gasteiger partial charge in [-0.3, -0.25) is 9.48 Å². The lowest BCUT2D eigenvalue weighted by molar-refractivity contribution is 0.262. The molecule has 0 aliphatic rings. The number of nitrogens with zero attached hydrogens (tertiary/aromatic N) is 2. The van der Waals surface area contributed by atoms with Gasteiger partial charge in [-0.05, 0) is 43.2 Å². The van der Waals surface area contributed by atoms with Crippen molar-refractivity contribution >= 4 is 17.4 Å². The minimum atomic E-state index is -0.440. The Labute approximate surface area is 152 Å². The predicted octanol–water partition coefficient (Wildman–Crippen LogP) is 3.69. The zero-order valence-electron chi connectivity index (χ0n) is 15.1. The first-order valence-electron chi connectivity index (χ1n) is 8.52. The van der Waals surface area contributed by atoms with Crippen molar-refractivity contribution in [3.05, 3.63) is 76.2 Å². The molecule has 0 fully saturated rings. The fourth-order valence-electron chi connectivity index (χ4n) is 2.86. The lowest BCUT2D eigenvalue weighted by Gasteiger charge is -2.08. The molecule has 2 amide bonds. The molecule has 0 atom stereocenters. The fourth-order valence-corrected chi connectivity index (χ4v) is 2.86. The molecule has 1 heterocycles. The van der Waals surface area contributed by atoms with Gasteiger partial charge in [0.15, 0.2) is 0 Å². The molecule has 2 aromatic carbocycles. The van der Waals surface area contributed by atoms with E-state index in [2.05, 4.69) is 17.6 Å². The van der Waals surface area contributed by atoms with Crippen LogP contribution in [-0.2, 0) is 13.5 Å². The van der Waals surface area contributed by atoms with Crippen LogP contribution in [0.15, 0.2) is 59.4 Å². The largest absolute Gasteiger partial charge is 0.323 e. The molecule has 0 radical (unpaired) electrons. The third kappa shape index (κ3) is 3.39. The van der Waals surface area contributed by atoms with Crippen molar-refractivity contribution in [1.82, 2.24) is 9.36 Å². The van der Waals surface area contributed by atoms with Crippen LogP contribution >= 0.6 is 0 Å². The number of benzene rings is 2. The minimum Gasteiger partial charge on any atom is -0.308 e. The Balaban J connectivity index is 1.86. The molecule has 6 heteroatoms. The number of rotatable bonds is 4. The van der Waals surface area contributed by atoms with Crippen LogP contribution < -0.4 is 16.2 Å². The van der Waals surface area contributed by atoms with E-state index < -0.39 is 6.03 Å². The van der Waals surface area contributed by atoms with Gasteiger partial charge in [0, 0.05) is 12.7 Å². The number of anilines is 2. The monoisotopic (exact) mass is 350 g/mol. The van der Waals surface area contributed by atoms with Crippen molar-refractivity contribution in [3.63, 3.8) is 0 Å². The SMILES string of the molecule is CCc1cccc(NC(=O)Nc2c(C)n(C)n(-c3ccccc3)c2=O)c1. The Morgan fingerprint density at radius 1 is 1.04 bits per heavy atom. The molecule has 3 rings (SSSR count). The Hall–Kier alpha value is -3.28. The van der Waals surface area contributed by atoms with E-state index in [9.17, 15) is 9.59 Å². The number of hydrogen-bond donors (Lipinski definition) is 2. The minimum absolute atomic E-state index is 0.264. The van der Waals surface area contributed by atoms with Crippen molar-refractivity contribution in [1.29, 1.82) is 0 Å². The van der Waals surface area contributed by atoms with Gasteiger partial charge >= 0.3 is 6.03 Å². The number of para-hydroxylation sites is 1. The Bertz CT molecular complexity index is 987. The second kappa shape index (κ2) is 7.31. The van der Waals surface area contributed by atoms with Gasteiger partial charge in [0.25, 0.3) is 5.56 Å². The summed E-state index contributed by atoms with van der Waals surface area (Å²) in [5.74, 6) is 0. The maximum Gasteiger partial charge on any atom is 0.323 e. The number of nitrogens with one attached hydrogen (secondary N) is 2. The van der Waals surface area contributed by atoms with Crippen LogP contribution in [0.3, 0.4) is 0 Å². The highest BCUT2D eigenvalue weighted by molar-refractivity contribution is 6.00. The normalized spacial score (nSPS) is 10.6. The van der Waals surface area contributed by atoms with E-state index in [0.29, 0.717) is 11.4 Å². The van der Waals surface area contributed by atoms with Crippen LogP contribution in [0.4, 0.5) is 16.2 Å². The maximum atomic E-state index is 12.8. The van der Waals surface area contributed by atoms with Crippen molar-refractivity contribution in [2.24, 2.45) is 7.05 Å². The van der Waals surface area contributed by atoms with Gasteiger partial charge in [-0.25, -0.2) is 9.48 Å². The standard InChI is InChI=1S/C20H22N4O2/c1-4-15-9-8-10-16(13-15)21-20(26)22-18-14(2)23(3)24(19(18)25)17-11-6-5-7-12-17/h5-13H,4H2,1-3H3,(H2,21,22,26). The van der Waals surface area contributed by atoms with E-state index in [1.807, 2.05) is 54.6 Å². The van der Waals surface area contributed by atoms with Crippen molar-refractivity contribution < 1.29 is 4.79 Å². The van der Waals surface area contributed by atoms with Crippen LogP contribution in [0, 0.1) is 6.92 Å². The van der Waals surface area contributed by atoms with Gasteiger partial charge in [-0.1, -0.05) is 37.3 Å². The van der Waals surface area contributed by atoms with E-state index >= 15 is 0 Å². The summed E-state index contributed by atoms with van der Waals surface area (Å²) in [7, 11) is 1.79. The maximum absolute atomic E-state index is 12.8. The number of aryl methyl sites for hydroxylation is 1. The first-order chi connectivity index (χ1) is 12.5. The molecule has 0 saturated carbocycles. The topological polar surface area (TPSA) is 68.1 Å². The van der Waals surface area contributed by atoms with Crippen LogP contribution in [0.1, 0.15) is 18.2 Å². The number of urea groups is 1.